The summed E-state index contributed by atoms with van der Waals surface area (Å²) in [5, 5.41) is 2.97. The van der Waals surface area contributed by atoms with Crippen LogP contribution in [0.4, 0.5) is 0 Å². The maximum Gasteiger partial charge on any atom is 0.256 e. The van der Waals surface area contributed by atoms with Crippen LogP contribution in [-0.4, -0.2) is 63.4 Å². The number of nitrogens with zero attached hydrogens (tertiary/aromatic N) is 1. The molecule has 0 radical (unpaired) electrons. The zero-order chi connectivity index (χ0) is 22.3. The number of likely N-dealkylation sites (N-methyl/N-ethyl adjacent to an activating group) is 1. The number of rotatable bonds is 11. The molecule has 1 aromatic carbocycles. The SMILES string of the molecule is CCCC[NH+](C)CCNC(=O)c1c[nH]c2ccc(S(=O)(=O)N(CC)CC)cc2c1=O. The van der Waals surface area contributed by atoms with Gasteiger partial charge >= 0.3 is 0 Å². The Morgan fingerprint density at radius 2 is 1.87 bits per heavy atom. The minimum absolute atomic E-state index is 0.0221. The maximum absolute atomic E-state index is 12.9. The second-order valence-corrected chi connectivity index (χ2v) is 9.33. The van der Waals surface area contributed by atoms with Crippen LogP contribution < -0.4 is 15.6 Å². The molecule has 3 N–H and O–H groups in total. The van der Waals surface area contributed by atoms with Gasteiger partial charge in [-0.25, -0.2) is 8.42 Å². The summed E-state index contributed by atoms with van der Waals surface area (Å²) in [6.07, 6.45) is 3.64. The molecule has 1 heterocycles. The van der Waals surface area contributed by atoms with E-state index in [-0.39, 0.29) is 15.8 Å². The van der Waals surface area contributed by atoms with Crippen LogP contribution in [0.2, 0.25) is 0 Å². The molecule has 1 amide bonds. The topological polar surface area (TPSA) is 104 Å². The first-order valence-corrected chi connectivity index (χ1v) is 11.9. The molecule has 0 saturated carbocycles. The number of H-pyrrole nitrogens is 1. The smallest absolute Gasteiger partial charge is 0.256 e. The van der Waals surface area contributed by atoms with Crippen molar-refractivity contribution in [2.24, 2.45) is 0 Å². The molecule has 30 heavy (non-hydrogen) atoms. The van der Waals surface area contributed by atoms with E-state index in [1.807, 2.05) is 0 Å². The number of fused-ring (bicyclic) bond motifs is 1. The van der Waals surface area contributed by atoms with Crippen molar-refractivity contribution >= 4 is 26.8 Å². The van der Waals surface area contributed by atoms with Crippen molar-refractivity contribution < 1.29 is 18.1 Å². The van der Waals surface area contributed by atoms with Crippen molar-refractivity contribution in [3.05, 3.63) is 40.2 Å². The average molecular weight is 438 g/mol. The van der Waals surface area contributed by atoms with Crippen molar-refractivity contribution in [2.75, 3.05) is 39.8 Å². The van der Waals surface area contributed by atoms with Crippen molar-refractivity contribution in [1.29, 1.82) is 0 Å². The maximum atomic E-state index is 12.9. The van der Waals surface area contributed by atoms with Crippen molar-refractivity contribution in [1.82, 2.24) is 14.6 Å². The van der Waals surface area contributed by atoms with Gasteiger partial charge in [0.2, 0.25) is 15.5 Å². The van der Waals surface area contributed by atoms with Crippen molar-refractivity contribution in [2.45, 2.75) is 38.5 Å². The van der Waals surface area contributed by atoms with E-state index in [2.05, 4.69) is 24.3 Å². The summed E-state index contributed by atoms with van der Waals surface area (Å²) in [4.78, 5) is 29.7. The Morgan fingerprint density at radius 3 is 2.50 bits per heavy atom. The number of benzene rings is 1. The second kappa shape index (κ2) is 10.7. The molecular weight excluding hydrogens is 404 g/mol. The Morgan fingerprint density at radius 1 is 1.17 bits per heavy atom. The van der Waals surface area contributed by atoms with Crippen LogP contribution in [0.1, 0.15) is 44.0 Å². The summed E-state index contributed by atoms with van der Waals surface area (Å²) in [7, 11) is -1.62. The number of unbranched alkanes of at least 4 members (excludes halogenated alkanes) is 1. The van der Waals surface area contributed by atoms with Crippen LogP contribution in [0.3, 0.4) is 0 Å². The Balaban J connectivity index is 2.26. The van der Waals surface area contributed by atoms with E-state index in [0.29, 0.717) is 25.2 Å². The number of hydrogen-bond acceptors (Lipinski definition) is 4. The Hall–Kier alpha value is -2.23. The molecule has 2 rings (SSSR count). The van der Waals surface area contributed by atoms with Gasteiger partial charge in [-0.05, 0) is 24.6 Å². The molecule has 0 fully saturated rings. The van der Waals surface area contributed by atoms with Gasteiger partial charge in [0.15, 0.2) is 0 Å². The van der Waals surface area contributed by atoms with Gasteiger partial charge in [-0.2, -0.15) is 4.31 Å². The van der Waals surface area contributed by atoms with Gasteiger partial charge < -0.3 is 15.2 Å². The highest BCUT2D eigenvalue weighted by atomic mass is 32.2. The molecule has 9 heteroatoms. The summed E-state index contributed by atoms with van der Waals surface area (Å²) in [6.45, 7) is 8.60. The molecule has 1 aromatic heterocycles. The monoisotopic (exact) mass is 437 g/mol. The molecule has 1 unspecified atom stereocenters. The van der Waals surface area contributed by atoms with Gasteiger partial charge in [0.05, 0.1) is 31.6 Å². The standard InChI is InChI=1S/C21H32N4O4S/c1-5-8-12-24(4)13-11-22-21(27)18-15-23-19-10-9-16(14-17(19)20(18)26)30(28,29)25(6-2)7-3/h9-10,14-15H,5-8,11-13H2,1-4H3,(H,22,27)(H,23,26)/p+1. The number of sulfonamides is 1. The van der Waals surface area contributed by atoms with Gasteiger partial charge in [-0.3, -0.25) is 9.59 Å². The Bertz CT molecular complexity index is 1030. The van der Waals surface area contributed by atoms with Gasteiger partial charge in [-0.1, -0.05) is 27.2 Å². The fourth-order valence-electron chi connectivity index (χ4n) is 3.33. The van der Waals surface area contributed by atoms with E-state index >= 15 is 0 Å². The first kappa shape index (κ1) is 24.0. The second-order valence-electron chi connectivity index (χ2n) is 7.39. The highest BCUT2D eigenvalue weighted by Gasteiger charge is 2.23. The lowest BCUT2D eigenvalue weighted by Gasteiger charge is -2.18. The molecule has 0 saturated heterocycles. The lowest BCUT2D eigenvalue weighted by molar-refractivity contribution is -0.878. The third-order valence-electron chi connectivity index (χ3n) is 5.23. The largest absolute Gasteiger partial charge is 0.360 e. The van der Waals surface area contributed by atoms with Crippen LogP contribution >= 0.6 is 0 Å². The zero-order valence-electron chi connectivity index (χ0n) is 18.2. The molecule has 8 nitrogen and oxygen atoms in total. The highest BCUT2D eigenvalue weighted by molar-refractivity contribution is 7.89. The van der Waals surface area contributed by atoms with Crippen molar-refractivity contribution in [3.8, 4) is 0 Å². The number of hydrogen-bond donors (Lipinski definition) is 3. The zero-order valence-corrected chi connectivity index (χ0v) is 19.1. The number of pyridine rings is 1. The molecular formula is C21H33N4O4S+. The third kappa shape index (κ3) is 5.47. The third-order valence-corrected chi connectivity index (χ3v) is 7.28. The summed E-state index contributed by atoms with van der Waals surface area (Å²) < 4.78 is 26.9. The fourth-order valence-corrected chi connectivity index (χ4v) is 4.81. The number of carbonyl (C=O) groups excluding carboxylic acids is 1. The number of aromatic nitrogens is 1. The van der Waals surface area contributed by atoms with Crippen molar-refractivity contribution in [3.63, 3.8) is 0 Å². The Kier molecular flexibility index (Phi) is 8.57. The van der Waals surface area contributed by atoms with Crippen LogP contribution in [0, 0.1) is 0 Å². The number of carbonyl (C=O) groups is 1. The molecule has 0 spiro atoms. The highest BCUT2D eigenvalue weighted by Crippen LogP contribution is 2.19. The lowest BCUT2D eigenvalue weighted by atomic mass is 10.1. The Labute approximate surface area is 178 Å². The number of aromatic amines is 1. The molecule has 1 atom stereocenters. The fraction of sp³-hybridized carbons (Fsp3) is 0.524. The van der Waals surface area contributed by atoms with E-state index in [9.17, 15) is 18.0 Å². The van der Waals surface area contributed by atoms with E-state index < -0.39 is 21.4 Å². The van der Waals surface area contributed by atoms with Gasteiger partial charge in [0, 0.05) is 30.2 Å². The lowest BCUT2D eigenvalue weighted by Crippen LogP contribution is -3.09. The van der Waals surface area contributed by atoms with Gasteiger partial charge in [0.25, 0.3) is 5.91 Å². The van der Waals surface area contributed by atoms with E-state index in [0.717, 1.165) is 25.9 Å². The van der Waals surface area contributed by atoms with E-state index in [1.165, 1.54) is 27.5 Å². The molecule has 0 aliphatic carbocycles. The summed E-state index contributed by atoms with van der Waals surface area (Å²) in [5.41, 5.74) is -0.0191. The average Bonchev–Trinajstić information content (AvgIpc) is 2.72. The number of quaternary nitrogens is 1. The summed E-state index contributed by atoms with van der Waals surface area (Å²) >= 11 is 0. The first-order valence-electron chi connectivity index (χ1n) is 10.5. The molecule has 0 aliphatic heterocycles. The number of nitrogens with one attached hydrogen (secondary N) is 3. The predicted molar refractivity (Wildman–Crippen MR) is 119 cm³/mol. The summed E-state index contributed by atoms with van der Waals surface area (Å²) in [6, 6.07) is 4.38. The van der Waals surface area contributed by atoms with Gasteiger partial charge in [0.1, 0.15) is 5.56 Å². The quantitative estimate of drug-likeness (QED) is 0.479. The molecule has 0 bridgehead atoms. The van der Waals surface area contributed by atoms with Crippen LogP contribution in [0.5, 0.6) is 0 Å². The number of amides is 1. The molecule has 166 valence electrons. The minimum Gasteiger partial charge on any atom is -0.360 e. The van der Waals surface area contributed by atoms with Crippen LogP contribution in [0.25, 0.3) is 10.9 Å². The van der Waals surface area contributed by atoms with Crippen LogP contribution in [0.15, 0.2) is 34.1 Å². The van der Waals surface area contributed by atoms with E-state index in [1.54, 1.807) is 19.9 Å². The van der Waals surface area contributed by atoms with E-state index in [4.69, 9.17) is 0 Å². The first-order chi connectivity index (χ1) is 14.3. The minimum atomic E-state index is -3.70. The van der Waals surface area contributed by atoms with Gasteiger partial charge in [-0.15, -0.1) is 0 Å². The predicted octanol–water partition coefficient (Wildman–Crippen LogP) is 0.603. The molecule has 2 aromatic rings. The normalized spacial score (nSPS) is 13.0. The molecule has 0 aliphatic rings. The summed E-state index contributed by atoms with van der Waals surface area (Å²) in [5.74, 6) is -0.460. The van der Waals surface area contributed by atoms with Crippen LogP contribution in [-0.2, 0) is 10.0 Å².